The largest absolute Gasteiger partial charge is 0.417 e. The zero-order chi connectivity index (χ0) is 20.6. The van der Waals surface area contributed by atoms with E-state index in [4.69, 9.17) is 0 Å². The first-order chi connectivity index (χ1) is 13.8. The van der Waals surface area contributed by atoms with Crippen LogP contribution in [0.15, 0.2) is 48.7 Å². The van der Waals surface area contributed by atoms with Gasteiger partial charge in [0.1, 0.15) is 5.82 Å². The molecule has 0 unspecified atom stereocenters. The van der Waals surface area contributed by atoms with E-state index < -0.39 is 11.7 Å². The zero-order valence-electron chi connectivity index (χ0n) is 16.3. The van der Waals surface area contributed by atoms with E-state index in [0.29, 0.717) is 37.9 Å². The van der Waals surface area contributed by atoms with Crippen molar-refractivity contribution in [1.29, 1.82) is 0 Å². The van der Waals surface area contributed by atoms with Crippen LogP contribution >= 0.6 is 0 Å². The normalized spacial score (nSPS) is 24.1. The molecule has 29 heavy (non-hydrogen) atoms. The van der Waals surface area contributed by atoms with Crippen LogP contribution in [0.4, 0.5) is 19.0 Å². The van der Waals surface area contributed by atoms with Crippen molar-refractivity contribution in [2.45, 2.75) is 25.9 Å². The molecule has 4 rings (SSSR count). The van der Waals surface area contributed by atoms with Crippen molar-refractivity contribution in [1.82, 2.24) is 9.88 Å². The first kappa shape index (κ1) is 19.7. The molecular weight excluding hydrogens is 379 g/mol. The molecule has 1 aromatic carbocycles. The van der Waals surface area contributed by atoms with Gasteiger partial charge >= 0.3 is 6.18 Å². The summed E-state index contributed by atoms with van der Waals surface area (Å²) < 4.78 is 38.5. The number of pyridine rings is 1. The van der Waals surface area contributed by atoms with Gasteiger partial charge in [0.15, 0.2) is 0 Å². The Balaban J connectivity index is 1.53. The first-order valence-electron chi connectivity index (χ1n) is 9.84. The molecule has 0 spiro atoms. The summed E-state index contributed by atoms with van der Waals surface area (Å²) in [5, 5.41) is 0. The monoisotopic (exact) mass is 403 g/mol. The van der Waals surface area contributed by atoms with Gasteiger partial charge in [0.05, 0.1) is 5.56 Å². The molecule has 3 heterocycles. The molecule has 4 nitrogen and oxygen atoms in total. The molecule has 154 valence electrons. The standard InChI is InChI=1S/C22H24F3N3O/c1-16(29)27-12-19-13-28(20-8-7-18(11-26-20)22(23,24)25)15-21(19,14-27)10-9-17-5-3-2-4-6-17/h2-8,11,19H,9-10,12-15H2,1H3/t19-,21+/m1/s1. The molecule has 0 aliphatic carbocycles. The molecule has 0 radical (unpaired) electrons. The van der Waals surface area contributed by atoms with Crippen molar-refractivity contribution < 1.29 is 18.0 Å². The van der Waals surface area contributed by atoms with Crippen LogP contribution in [0.2, 0.25) is 0 Å². The highest BCUT2D eigenvalue weighted by Gasteiger charge is 2.52. The van der Waals surface area contributed by atoms with Crippen molar-refractivity contribution in [2.75, 3.05) is 31.1 Å². The van der Waals surface area contributed by atoms with Crippen molar-refractivity contribution in [3.8, 4) is 0 Å². The van der Waals surface area contributed by atoms with Gasteiger partial charge < -0.3 is 9.80 Å². The summed E-state index contributed by atoms with van der Waals surface area (Å²) in [6, 6.07) is 12.8. The summed E-state index contributed by atoms with van der Waals surface area (Å²) in [6.45, 7) is 4.39. The van der Waals surface area contributed by atoms with E-state index in [0.717, 1.165) is 25.1 Å². The number of nitrogens with zero attached hydrogens (tertiary/aromatic N) is 3. The van der Waals surface area contributed by atoms with Gasteiger partial charge in [0, 0.05) is 50.6 Å². The minimum atomic E-state index is -4.38. The van der Waals surface area contributed by atoms with Crippen molar-refractivity contribution >= 4 is 11.7 Å². The average Bonchev–Trinajstić information content (AvgIpc) is 3.21. The summed E-state index contributed by atoms with van der Waals surface area (Å²) in [4.78, 5) is 20.0. The number of anilines is 1. The molecule has 2 aliphatic rings. The fraction of sp³-hybridized carbons (Fsp3) is 0.455. The second-order valence-corrected chi connectivity index (χ2v) is 8.23. The highest BCUT2D eigenvalue weighted by Crippen LogP contribution is 2.47. The maximum Gasteiger partial charge on any atom is 0.417 e. The fourth-order valence-corrected chi connectivity index (χ4v) is 4.73. The number of hydrogen-bond donors (Lipinski definition) is 0. The second-order valence-electron chi connectivity index (χ2n) is 8.23. The highest BCUT2D eigenvalue weighted by molar-refractivity contribution is 5.73. The molecule has 0 N–H and O–H groups in total. The van der Waals surface area contributed by atoms with Crippen LogP contribution in [0.3, 0.4) is 0 Å². The van der Waals surface area contributed by atoms with Gasteiger partial charge in [-0.25, -0.2) is 4.98 Å². The summed E-state index contributed by atoms with van der Waals surface area (Å²) >= 11 is 0. The van der Waals surface area contributed by atoms with Crippen molar-refractivity contribution in [2.24, 2.45) is 11.3 Å². The molecule has 2 saturated heterocycles. The van der Waals surface area contributed by atoms with Gasteiger partial charge in [-0.1, -0.05) is 30.3 Å². The number of benzene rings is 1. The predicted molar refractivity (Wildman–Crippen MR) is 104 cm³/mol. The Morgan fingerprint density at radius 1 is 1.14 bits per heavy atom. The molecule has 1 aromatic heterocycles. The number of rotatable bonds is 4. The number of carbonyl (C=O) groups is 1. The maximum absolute atomic E-state index is 12.8. The van der Waals surface area contributed by atoms with Crippen LogP contribution in [0.25, 0.3) is 0 Å². The number of aromatic nitrogens is 1. The zero-order valence-corrected chi connectivity index (χ0v) is 16.3. The summed E-state index contributed by atoms with van der Waals surface area (Å²) in [6.07, 6.45) is -1.63. The smallest absolute Gasteiger partial charge is 0.356 e. The second kappa shape index (κ2) is 7.35. The lowest BCUT2D eigenvalue weighted by Gasteiger charge is -2.29. The van der Waals surface area contributed by atoms with Gasteiger partial charge in [-0.3, -0.25) is 4.79 Å². The molecule has 2 aromatic rings. The summed E-state index contributed by atoms with van der Waals surface area (Å²) in [7, 11) is 0. The molecule has 7 heteroatoms. The number of halogens is 3. The minimum Gasteiger partial charge on any atom is -0.356 e. The topological polar surface area (TPSA) is 36.4 Å². The van der Waals surface area contributed by atoms with Gasteiger partial charge in [-0.05, 0) is 30.5 Å². The minimum absolute atomic E-state index is 0.0636. The molecule has 2 fully saturated rings. The van der Waals surface area contributed by atoms with E-state index in [1.807, 2.05) is 23.1 Å². The lowest BCUT2D eigenvalue weighted by Crippen LogP contribution is -2.36. The van der Waals surface area contributed by atoms with Crippen molar-refractivity contribution in [3.05, 3.63) is 59.8 Å². The van der Waals surface area contributed by atoms with E-state index in [-0.39, 0.29) is 11.3 Å². The van der Waals surface area contributed by atoms with E-state index in [1.165, 1.54) is 11.6 Å². The van der Waals surface area contributed by atoms with Crippen LogP contribution in [-0.4, -0.2) is 42.0 Å². The number of likely N-dealkylation sites (tertiary alicyclic amines) is 1. The first-order valence-corrected chi connectivity index (χ1v) is 9.84. The van der Waals surface area contributed by atoms with Crippen LogP contribution < -0.4 is 4.90 Å². The lowest BCUT2D eigenvalue weighted by atomic mass is 9.76. The number of aryl methyl sites for hydroxylation is 1. The van der Waals surface area contributed by atoms with E-state index in [9.17, 15) is 18.0 Å². The third-order valence-corrected chi connectivity index (χ3v) is 6.36. The molecule has 1 amide bonds. The lowest BCUT2D eigenvalue weighted by molar-refractivity contribution is -0.137. The Morgan fingerprint density at radius 3 is 2.52 bits per heavy atom. The van der Waals surface area contributed by atoms with Gasteiger partial charge in [0.2, 0.25) is 5.91 Å². The predicted octanol–water partition coefficient (Wildman–Crippen LogP) is 4.02. The van der Waals surface area contributed by atoms with Gasteiger partial charge in [-0.15, -0.1) is 0 Å². The Hall–Kier alpha value is -2.57. The Morgan fingerprint density at radius 2 is 1.90 bits per heavy atom. The molecule has 0 saturated carbocycles. The van der Waals surface area contributed by atoms with Gasteiger partial charge in [-0.2, -0.15) is 13.2 Å². The number of alkyl halides is 3. The number of amides is 1. The van der Waals surface area contributed by atoms with Crippen LogP contribution in [0.1, 0.15) is 24.5 Å². The summed E-state index contributed by atoms with van der Waals surface area (Å²) in [5.41, 5.74) is 0.460. The average molecular weight is 403 g/mol. The maximum atomic E-state index is 12.8. The summed E-state index contributed by atoms with van der Waals surface area (Å²) in [5.74, 6) is 0.942. The Labute approximate surface area is 168 Å². The molecule has 0 bridgehead atoms. The Bertz CT molecular complexity index is 869. The third kappa shape index (κ3) is 3.95. The SMILES string of the molecule is CC(=O)N1C[C@@H]2CN(c3ccc(C(F)(F)F)cn3)C[C@]2(CCc2ccccc2)C1. The number of fused-ring (bicyclic) bond motifs is 1. The van der Waals surface area contributed by atoms with Crippen LogP contribution in [0.5, 0.6) is 0 Å². The van der Waals surface area contributed by atoms with Crippen LogP contribution in [0, 0.1) is 11.3 Å². The molecular formula is C22H24F3N3O. The van der Waals surface area contributed by atoms with E-state index in [2.05, 4.69) is 22.0 Å². The molecule has 2 atom stereocenters. The highest BCUT2D eigenvalue weighted by atomic mass is 19.4. The number of carbonyl (C=O) groups excluding carboxylic acids is 1. The van der Waals surface area contributed by atoms with Crippen LogP contribution in [-0.2, 0) is 17.4 Å². The van der Waals surface area contributed by atoms with E-state index >= 15 is 0 Å². The quantitative estimate of drug-likeness (QED) is 0.774. The number of hydrogen-bond acceptors (Lipinski definition) is 3. The van der Waals surface area contributed by atoms with Crippen molar-refractivity contribution in [3.63, 3.8) is 0 Å². The Kier molecular flexibility index (Phi) is 5.00. The van der Waals surface area contributed by atoms with E-state index in [1.54, 1.807) is 6.92 Å². The van der Waals surface area contributed by atoms with Gasteiger partial charge in [0.25, 0.3) is 0 Å². The fourth-order valence-electron chi connectivity index (χ4n) is 4.73. The third-order valence-electron chi connectivity index (χ3n) is 6.36. The molecule has 2 aliphatic heterocycles.